The number of halogens is 1. The second-order valence-corrected chi connectivity index (χ2v) is 29.0. The first-order valence-electron chi connectivity index (χ1n) is 29.2. The van der Waals surface area contributed by atoms with E-state index in [-0.39, 0.29) is 5.41 Å². The van der Waals surface area contributed by atoms with Crippen LogP contribution in [0.2, 0.25) is 0 Å². The molecule has 0 aromatic carbocycles. The van der Waals surface area contributed by atoms with Crippen molar-refractivity contribution in [3.8, 4) is 0 Å². The van der Waals surface area contributed by atoms with E-state index < -0.39 is 6.17 Å². The molecule has 0 aromatic rings. The zero-order chi connectivity index (χ0) is 48.5. The highest BCUT2D eigenvalue weighted by molar-refractivity contribution is 5.00. The molecule has 0 aromatic heterocycles. The summed E-state index contributed by atoms with van der Waals surface area (Å²) >= 11 is 0. The molecule has 0 nitrogen and oxygen atoms in total. The van der Waals surface area contributed by atoms with Crippen molar-refractivity contribution in [2.24, 2.45) is 73.4 Å². The summed E-state index contributed by atoms with van der Waals surface area (Å²) in [6, 6.07) is 0. The Morgan fingerprint density at radius 3 is 0.656 bits per heavy atom. The van der Waals surface area contributed by atoms with Gasteiger partial charge in [0, 0.05) is 0 Å². The van der Waals surface area contributed by atoms with Crippen molar-refractivity contribution >= 4 is 0 Å². The summed E-state index contributed by atoms with van der Waals surface area (Å²) in [5.74, 6) is 6.43. The smallest absolute Gasteiger partial charge is 0.103 e. The molecule has 12 aliphatic rings. The Morgan fingerprint density at radius 2 is 0.641 bits per heavy atom. The van der Waals surface area contributed by atoms with Crippen LogP contribution in [-0.2, 0) is 0 Å². The van der Waals surface area contributed by atoms with E-state index in [9.17, 15) is 4.39 Å². The van der Waals surface area contributed by atoms with Crippen molar-refractivity contribution in [2.45, 2.75) is 330 Å². The lowest BCUT2D eigenvalue weighted by Crippen LogP contribution is -2.29. The van der Waals surface area contributed by atoms with Gasteiger partial charge in [0.1, 0.15) is 6.17 Å². The molecule has 0 N–H and O–H groups in total. The van der Waals surface area contributed by atoms with Crippen molar-refractivity contribution in [2.75, 3.05) is 0 Å². The predicted molar refractivity (Wildman–Crippen MR) is 288 cm³/mol. The van der Waals surface area contributed by atoms with Crippen molar-refractivity contribution in [1.82, 2.24) is 0 Å². The third-order valence-electron chi connectivity index (χ3n) is 18.8. The van der Waals surface area contributed by atoms with Gasteiger partial charge in [-0.3, -0.25) is 0 Å². The quantitative estimate of drug-likeness (QED) is 0.264. The molecule has 1 atom stereocenters. The Bertz CT molecular complexity index is 1070. The molecule has 382 valence electrons. The van der Waals surface area contributed by atoms with Crippen LogP contribution in [0.1, 0.15) is 324 Å². The number of rotatable bonds is 4. The summed E-state index contributed by atoms with van der Waals surface area (Å²) in [5.41, 5.74) is 4.69. The molecule has 0 bridgehead atoms. The molecule has 0 radical (unpaired) electrons. The van der Waals surface area contributed by atoms with Gasteiger partial charge in [0.25, 0.3) is 0 Å². The van der Waals surface area contributed by atoms with Gasteiger partial charge < -0.3 is 0 Å². The molecule has 0 amide bonds. The standard InChI is InChI=1S/C7H12.C7H14.C6H11F.3C6H12.5C5H10/c1-7(4-5-7)6-2-3-6;1-6-4-7(2,3)5-6;1-5(7)6(2)3-4-6;1-6(2)4-3-5-6;2*1-3-6(2)4-5-6;1-5(2)3-4-5;4*1-5-3-2-4-5/h6H,2-5H2,1H3;6H,4-5H2,1-3H3;5H,3-4H2,1-2H3;3*3-5H2,1-2H3;3-4H2,1-2H3;4*5H,2-4H2,1H3. The highest BCUT2D eigenvalue weighted by atomic mass is 19.1. The molecule has 12 aliphatic carbocycles. The maximum absolute atomic E-state index is 12.3. The zero-order valence-corrected chi connectivity index (χ0v) is 47.8. The molecular weight excluding hydrogens is 776 g/mol. The molecule has 0 aliphatic heterocycles. The lowest BCUT2D eigenvalue weighted by atomic mass is 9.65. The van der Waals surface area contributed by atoms with Crippen molar-refractivity contribution in [1.29, 1.82) is 0 Å². The molecule has 12 rings (SSSR count). The maximum atomic E-state index is 12.3. The largest absolute Gasteiger partial charge is 0.247 e. The fourth-order valence-electron chi connectivity index (χ4n) is 8.52. The molecule has 1 unspecified atom stereocenters. The fourth-order valence-corrected chi connectivity index (χ4v) is 8.52. The van der Waals surface area contributed by atoms with Crippen molar-refractivity contribution < 1.29 is 4.39 Å². The van der Waals surface area contributed by atoms with Gasteiger partial charge in [-0.15, -0.1) is 0 Å². The summed E-state index contributed by atoms with van der Waals surface area (Å²) in [5, 5.41) is 0. The SMILES string of the molecule is CC(F)C1(C)CC1.CC1(C)CC1.CC1(C)CCC1.CC1(C2CC2)CC1.CC1CC(C)(C)C1.CC1CCC1.CC1CCC1.CC1CCC1.CC1CCC1.CCC1(C)CC1.CCC1(C)CC1. The minimum atomic E-state index is -0.590. The van der Waals surface area contributed by atoms with Gasteiger partial charge >= 0.3 is 0 Å². The average molecular weight is 900 g/mol. The topological polar surface area (TPSA) is 0 Å². The van der Waals surface area contributed by atoms with Crippen molar-refractivity contribution in [3.63, 3.8) is 0 Å². The van der Waals surface area contributed by atoms with Gasteiger partial charge in [0.2, 0.25) is 0 Å². The molecule has 12 saturated carbocycles. The lowest BCUT2D eigenvalue weighted by Gasteiger charge is -2.40. The monoisotopic (exact) mass is 899 g/mol. The lowest BCUT2D eigenvalue weighted by molar-refractivity contribution is 0.111. The first kappa shape index (κ1) is 60.1. The Kier molecular flexibility index (Phi) is 25.7. The molecule has 1 heteroatoms. The van der Waals surface area contributed by atoms with E-state index in [1.54, 1.807) is 6.92 Å². The second kappa shape index (κ2) is 27.4. The van der Waals surface area contributed by atoms with E-state index in [0.717, 1.165) is 75.4 Å². The van der Waals surface area contributed by atoms with E-state index in [0.29, 0.717) is 5.41 Å². The summed E-state index contributed by atoms with van der Waals surface area (Å²) in [6.07, 6.45) is 44.4. The summed E-state index contributed by atoms with van der Waals surface area (Å²) in [4.78, 5) is 0. The van der Waals surface area contributed by atoms with Gasteiger partial charge in [0.05, 0.1) is 0 Å². The minimum Gasteiger partial charge on any atom is -0.247 e. The molecule has 0 heterocycles. The van der Waals surface area contributed by atoms with Crippen LogP contribution in [0.15, 0.2) is 0 Å². The molecular formula is C63H123F. The highest BCUT2D eigenvalue weighted by Gasteiger charge is 2.49. The van der Waals surface area contributed by atoms with Crippen LogP contribution in [0.25, 0.3) is 0 Å². The first-order valence-corrected chi connectivity index (χ1v) is 29.2. The maximum Gasteiger partial charge on any atom is 0.103 e. The average Bonchev–Trinajstić information content (AvgIpc) is 3.95. The van der Waals surface area contributed by atoms with Gasteiger partial charge in [-0.2, -0.15) is 0 Å². The van der Waals surface area contributed by atoms with Crippen molar-refractivity contribution in [3.05, 3.63) is 0 Å². The Balaban J connectivity index is 0.000000243. The van der Waals surface area contributed by atoms with Crippen LogP contribution in [0.5, 0.6) is 0 Å². The van der Waals surface area contributed by atoms with Crippen LogP contribution in [0.4, 0.5) is 4.39 Å². The predicted octanol–water partition coefficient (Wildman–Crippen LogP) is 22.4. The summed E-state index contributed by atoms with van der Waals surface area (Å²) < 4.78 is 12.3. The van der Waals surface area contributed by atoms with Crippen LogP contribution >= 0.6 is 0 Å². The number of hydrogen-bond donors (Lipinski definition) is 0. The third kappa shape index (κ3) is 29.7. The van der Waals surface area contributed by atoms with Crippen LogP contribution in [0.3, 0.4) is 0 Å². The zero-order valence-electron chi connectivity index (χ0n) is 47.8. The summed E-state index contributed by atoms with van der Waals surface area (Å²) in [6.45, 7) is 40.8. The Morgan fingerprint density at radius 1 is 0.375 bits per heavy atom. The highest BCUT2D eigenvalue weighted by Crippen LogP contribution is 2.60. The number of hydrogen-bond acceptors (Lipinski definition) is 0. The van der Waals surface area contributed by atoms with Gasteiger partial charge in [-0.25, -0.2) is 4.39 Å². The molecule has 12 fully saturated rings. The van der Waals surface area contributed by atoms with Crippen LogP contribution < -0.4 is 0 Å². The molecule has 64 heavy (non-hydrogen) atoms. The normalized spacial score (nSPS) is 28.5. The van der Waals surface area contributed by atoms with Gasteiger partial charge in [-0.05, 0) is 183 Å². The van der Waals surface area contributed by atoms with E-state index >= 15 is 0 Å². The van der Waals surface area contributed by atoms with E-state index in [1.807, 2.05) is 6.92 Å². The Labute approximate surface area is 406 Å². The summed E-state index contributed by atoms with van der Waals surface area (Å²) in [7, 11) is 0. The van der Waals surface area contributed by atoms with Gasteiger partial charge in [-0.1, -0.05) is 214 Å². The first-order chi connectivity index (χ1) is 29.6. The van der Waals surface area contributed by atoms with Crippen LogP contribution in [-0.4, -0.2) is 6.17 Å². The third-order valence-corrected chi connectivity index (χ3v) is 18.8. The van der Waals surface area contributed by atoms with E-state index in [4.69, 9.17) is 0 Å². The van der Waals surface area contributed by atoms with Crippen LogP contribution in [0, 0.1) is 73.4 Å². The molecule has 0 saturated heterocycles. The Hall–Kier alpha value is -0.0700. The second-order valence-electron chi connectivity index (χ2n) is 29.0. The molecule has 0 spiro atoms. The number of alkyl halides is 1. The van der Waals surface area contributed by atoms with Gasteiger partial charge in [0.15, 0.2) is 0 Å². The van der Waals surface area contributed by atoms with E-state index in [2.05, 4.69) is 111 Å². The van der Waals surface area contributed by atoms with E-state index in [1.165, 1.54) is 186 Å². The fraction of sp³-hybridized carbons (Fsp3) is 1.00. The minimum absolute atomic E-state index is 0.0833.